The second-order valence-electron chi connectivity index (χ2n) is 3.65. The fraction of sp³-hybridized carbons (Fsp3) is 0.364. The summed E-state index contributed by atoms with van der Waals surface area (Å²) < 4.78 is 14.2. The van der Waals surface area contributed by atoms with Gasteiger partial charge in [0.15, 0.2) is 0 Å². The van der Waals surface area contributed by atoms with Crippen molar-refractivity contribution < 1.29 is 9.18 Å². The predicted molar refractivity (Wildman–Crippen MR) is 59.1 cm³/mol. The van der Waals surface area contributed by atoms with Gasteiger partial charge in [0, 0.05) is 17.6 Å². The molecule has 0 bridgehead atoms. The number of nitrogens with zero attached hydrogens (tertiary/aromatic N) is 1. The van der Waals surface area contributed by atoms with E-state index in [1.165, 1.54) is 6.07 Å². The first-order chi connectivity index (χ1) is 7.13. The maximum absolute atomic E-state index is 13.5. The Kier molecular flexibility index (Phi) is 2.78. The predicted octanol–water partition coefficient (Wildman–Crippen LogP) is 2.95. The monoisotopic (exact) mass is 271 g/mol. The minimum atomic E-state index is -0.428. The maximum Gasteiger partial charge on any atom is 0.257 e. The molecule has 1 aliphatic heterocycles. The molecule has 0 fully saturated rings. The lowest BCUT2D eigenvalue weighted by atomic mass is 10.1. The van der Waals surface area contributed by atoms with E-state index in [0.717, 1.165) is 12.0 Å². The van der Waals surface area contributed by atoms with Gasteiger partial charge in [0.05, 0.1) is 5.56 Å². The van der Waals surface area contributed by atoms with Crippen LogP contribution in [0.1, 0.15) is 29.3 Å². The minimum Gasteiger partial charge on any atom is -0.334 e. The smallest absolute Gasteiger partial charge is 0.257 e. The van der Waals surface area contributed by atoms with Crippen LogP contribution in [0.15, 0.2) is 16.6 Å². The fourth-order valence-corrected chi connectivity index (χ4v) is 2.35. The highest BCUT2D eigenvalue weighted by Gasteiger charge is 2.29. The number of halogens is 2. The van der Waals surface area contributed by atoms with E-state index in [-0.39, 0.29) is 11.5 Å². The molecule has 0 N–H and O–H groups in total. The van der Waals surface area contributed by atoms with E-state index in [9.17, 15) is 9.18 Å². The summed E-state index contributed by atoms with van der Waals surface area (Å²) in [5, 5.41) is 0. The van der Waals surface area contributed by atoms with E-state index in [1.807, 2.05) is 13.0 Å². The molecular weight excluding hydrogens is 261 g/mol. The van der Waals surface area contributed by atoms with Crippen molar-refractivity contribution in [2.45, 2.75) is 19.9 Å². The number of fused-ring (bicyclic) bond motifs is 1. The van der Waals surface area contributed by atoms with Crippen molar-refractivity contribution in [2.24, 2.45) is 0 Å². The van der Waals surface area contributed by atoms with Gasteiger partial charge >= 0.3 is 0 Å². The zero-order valence-electron chi connectivity index (χ0n) is 8.39. The molecule has 80 valence electrons. The van der Waals surface area contributed by atoms with Crippen LogP contribution in [-0.4, -0.2) is 17.4 Å². The molecule has 1 amide bonds. The highest BCUT2D eigenvalue weighted by atomic mass is 79.9. The molecule has 1 aliphatic rings. The summed E-state index contributed by atoms with van der Waals surface area (Å²) in [5.41, 5.74) is 1.02. The zero-order valence-corrected chi connectivity index (χ0v) is 9.97. The summed E-state index contributed by atoms with van der Waals surface area (Å²) in [4.78, 5) is 13.5. The van der Waals surface area contributed by atoms with Crippen LogP contribution in [0.3, 0.4) is 0 Å². The number of hydrogen-bond donors (Lipinski definition) is 0. The first-order valence-corrected chi connectivity index (χ1v) is 5.70. The average molecular weight is 272 g/mol. The third-order valence-corrected chi connectivity index (χ3v) is 2.95. The number of amides is 1. The molecule has 2 rings (SSSR count). The van der Waals surface area contributed by atoms with Gasteiger partial charge in [-0.25, -0.2) is 4.39 Å². The second kappa shape index (κ2) is 3.93. The summed E-state index contributed by atoms with van der Waals surface area (Å²) in [6.45, 7) is 3.21. The molecule has 2 nitrogen and oxygen atoms in total. The van der Waals surface area contributed by atoms with E-state index in [2.05, 4.69) is 15.9 Å². The number of carbonyl (C=O) groups is 1. The number of benzene rings is 1. The van der Waals surface area contributed by atoms with Crippen LogP contribution >= 0.6 is 15.9 Å². The topological polar surface area (TPSA) is 20.3 Å². The largest absolute Gasteiger partial charge is 0.334 e. The van der Waals surface area contributed by atoms with Crippen molar-refractivity contribution in [2.75, 3.05) is 6.54 Å². The first-order valence-electron chi connectivity index (χ1n) is 4.90. The molecule has 1 aromatic rings. The van der Waals surface area contributed by atoms with E-state index in [1.54, 1.807) is 4.90 Å². The Hall–Kier alpha value is -0.900. The van der Waals surface area contributed by atoms with Gasteiger partial charge in [0.1, 0.15) is 5.82 Å². The van der Waals surface area contributed by atoms with Gasteiger partial charge in [-0.3, -0.25) is 4.79 Å². The maximum atomic E-state index is 13.5. The molecular formula is C11H11BrFNO. The molecule has 0 saturated carbocycles. The van der Waals surface area contributed by atoms with Crippen molar-refractivity contribution in [3.63, 3.8) is 0 Å². The molecule has 1 heterocycles. The van der Waals surface area contributed by atoms with Crippen LogP contribution in [0.2, 0.25) is 0 Å². The van der Waals surface area contributed by atoms with Crippen molar-refractivity contribution >= 4 is 21.8 Å². The first kappa shape index (κ1) is 10.6. The van der Waals surface area contributed by atoms with Crippen LogP contribution < -0.4 is 0 Å². The van der Waals surface area contributed by atoms with Gasteiger partial charge in [0.2, 0.25) is 0 Å². The average Bonchev–Trinajstić information content (AvgIpc) is 2.43. The van der Waals surface area contributed by atoms with Crippen LogP contribution in [0.25, 0.3) is 0 Å². The summed E-state index contributed by atoms with van der Waals surface area (Å²) in [5.74, 6) is -0.611. The lowest BCUT2D eigenvalue weighted by molar-refractivity contribution is 0.0775. The van der Waals surface area contributed by atoms with Gasteiger partial charge in [0.25, 0.3) is 5.91 Å². The Morgan fingerprint density at radius 2 is 2.27 bits per heavy atom. The molecule has 0 spiro atoms. The van der Waals surface area contributed by atoms with Gasteiger partial charge in [-0.15, -0.1) is 0 Å². The molecule has 0 aliphatic carbocycles. The van der Waals surface area contributed by atoms with Crippen LogP contribution in [-0.2, 0) is 6.54 Å². The summed E-state index contributed by atoms with van der Waals surface area (Å²) >= 11 is 3.22. The van der Waals surface area contributed by atoms with Gasteiger partial charge in [-0.05, 0) is 24.1 Å². The van der Waals surface area contributed by atoms with Crippen LogP contribution in [0.4, 0.5) is 4.39 Å². The van der Waals surface area contributed by atoms with E-state index in [4.69, 9.17) is 0 Å². The molecule has 0 saturated heterocycles. The Bertz CT molecular complexity index is 419. The highest BCUT2D eigenvalue weighted by molar-refractivity contribution is 9.10. The molecule has 1 aromatic carbocycles. The second-order valence-corrected chi connectivity index (χ2v) is 4.56. The van der Waals surface area contributed by atoms with Crippen LogP contribution in [0.5, 0.6) is 0 Å². The van der Waals surface area contributed by atoms with E-state index < -0.39 is 5.82 Å². The van der Waals surface area contributed by atoms with Crippen LogP contribution in [0, 0.1) is 5.82 Å². The number of rotatable bonds is 2. The third kappa shape index (κ3) is 1.78. The van der Waals surface area contributed by atoms with Gasteiger partial charge in [-0.2, -0.15) is 0 Å². The normalized spacial score (nSPS) is 14.6. The zero-order chi connectivity index (χ0) is 11.0. The Morgan fingerprint density at radius 3 is 2.93 bits per heavy atom. The Morgan fingerprint density at radius 1 is 1.53 bits per heavy atom. The molecule has 4 heteroatoms. The van der Waals surface area contributed by atoms with Gasteiger partial charge < -0.3 is 4.90 Å². The summed E-state index contributed by atoms with van der Waals surface area (Å²) in [6.07, 6.45) is 0.891. The lowest BCUT2D eigenvalue weighted by Crippen LogP contribution is -2.24. The van der Waals surface area contributed by atoms with Crippen molar-refractivity contribution in [1.82, 2.24) is 4.90 Å². The third-order valence-electron chi connectivity index (χ3n) is 2.49. The summed E-state index contributed by atoms with van der Waals surface area (Å²) in [6, 6.07) is 3.15. The number of hydrogen-bond acceptors (Lipinski definition) is 1. The SMILES string of the molecule is CCCN1Cc2cc(Br)cc(F)c2C1=O. The molecule has 0 radical (unpaired) electrons. The fourth-order valence-electron chi connectivity index (χ4n) is 1.88. The molecule has 15 heavy (non-hydrogen) atoms. The van der Waals surface area contributed by atoms with E-state index >= 15 is 0 Å². The lowest BCUT2D eigenvalue weighted by Gasteiger charge is -2.13. The molecule has 0 unspecified atom stereocenters. The summed E-state index contributed by atoms with van der Waals surface area (Å²) in [7, 11) is 0. The molecule has 0 atom stereocenters. The standard InChI is InChI=1S/C11H11BrFNO/c1-2-3-14-6-7-4-8(12)5-9(13)10(7)11(14)15/h4-5H,2-3,6H2,1H3. The Balaban J connectivity index is 2.41. The van der Waals surface area contributed by atoms with Crippen molar-refractivity contribution in [1.29, 1.82) is 0 Å². The quantitative estimate of drug-likeness (QED) is 0.810. The van der Waals surface area contributed by atoms with Crippen molar-refractivity contribution in [3.05, 3.63) is 33.5 Å². The Labute approximate surface area is 96.2 Å². The van der Waals surface area contributed by atoms with E-state index in [0.29, 0.717) is 17.6 Å². The highest BCUT2D eigenvalue weighted by Crippen LogP contribution is 2.28. The van der Waals surface area contributed by atoms with Crippen molar-refractivity contribution in [3.8, 4) is 0 Å². The van der Waals surface area contributed by atoms with Gasteiger partial charge in [-0.1, -0.05) is 22.9 Å². The number of carbonyl (C=O) groups excluding carboxylic acids is 1. The molecule has 0 aromatic heterocycles. The minimum absolute atomic E-state index is 0.183.